The number of rotatable bonds is 12. The number of carbonyl (C=O) groups excluding carboxylic acids is 1. The van der Waals surface area contributed by atoms with E-state index >= 15 is 0 Å². The molecule has 0 unspecified atom stereocenters. The molecule has 0 N–H and O–H groups in total. The van der Waals surface area contributed by atoms with E-state index in [1.54, 1.807) is 0 Å². The van der Waals surface area contributed by atoms with E-state index in [0.29, 0.717) is 13.0 Å². The molecule has 0 saturated heterocycles. The van der Waals surface area contributed by atoms with Crippen LogP contribution in [0.25, 0.3) is 0 Å². The Morgan fingerprint density at radius 2 is 1.42 bits per heavy atom. The third-order valence-corrected chi connectivity index (χ3v) is 3.83. The number of hydrogen-bond donors (Lipinski definition) is 0. The van der Waals surface area contributed by atoms with Gasteiger partial charge in [0.25, 0.3) is 0 Å². The third kappa shape index (κ3) is 9.98. The van der Waals surface area contributed by atoms with Crippen LogP contribution in [0.5, 0.6) is 0 Å². The number of ether oxygens (including phenoxy) is 1. The molecule has 0 aromatic rings. The fourth-order valence-corrected chi connectivity index (χ4v) is 2.32. The molecule has 0 atom stereocenters. The molecule has 114 valence electrons. The number of hydrogen-bond acceptors (Lipinski definition) is 2. The van der Waals surface area contributed by atoms with E-state index in [2.05, 4.69) is 27.7 Å². The van der Waals surface area contributed by atoms with Gasteiger partial charge in [0.2, 0.25) is 0 Å². The summed E-state index contributed by atoms with van der Waals surface area (Å²) in [6.45, 7) is 9.47. The highest BCUT2D eigenvalue weighted by Gasteiger charge is 2.25. The lowest BCUT2D eigenvalue weighted by Gasteiger charge is -2.29. The first-order valence-corrected chi connectivity index (χ1v) is 8.23. The van der Waals surface area contributed by atoms with E-state index < -0.39 is 0 Å². The summed E-state index contributed by atoms with van der Waals surface area (Å²) < 4.78 is 5.51. The molecule has 0 aromatic carbocycles. The summed E-state index contributed by atoms with van der Waals surface area (Å²) in [6.07, 6.45) is 11.1. The number of unbranched alkanes of at least 4 members (excludes halogenated alkanes) is 4. The Morgan fingerprint density at radius 3 is 1.89 bits per heavy atom. The summed E-state index contributed by atoms with van der Waals surface area (Å²) in [4.78, 5) is 11.7. The van der Waals surface area contributed by atoms with Crippen molar-refractivity contribution in [2.75, 3.05) is 6.61 Å². The molecule has 0 bridgehead atoms. The fraction of sp³-hybridized carbons (Fsp3) is 0.941. The van der Waals surface area contributed by atoms with Gasteiger partial charge in [-0.1, -0.05) is 66.2 Å². The van der Waals surface area contributed by atoms with Crippen molar-refractivity contribution in [3.63, 3.8) is 0 Å². The van der Waals surface area contributed by atoms with Crippen molar-refractivity contribution in [1.29, 1.82) is 0 Å². The van der Waals surface area contributed by atoms with Crippen molar-refractivity contribution in [2.45, 2.75) is 91.9 Å². The van der Waals surface area contributed by atoms with Crippen molar-refractivity contribution >= 4 is 5.97 Å². The van der Waals surface area contributed by atoms with E-state index in [0.717, 1.165) is 19.3 Å². The van der Waals surface area contributed by atoms with Crippen molar-refractivity contribution in [2.24, 2.45) is 5.41 Å². The highest BCUT2D eigenvalue weighted by atomic mass is 16.5. The van der Waals surface area contributed by atoms with Crippen LogP contribution in [0.1, 0.15) is 91.9 Å². The Balaban J connectivity index is 4.05. The minimum absolute atomic E-state index is 0.00679. The highest BCUT2D eigenvalue weighted by molar-refractivity contribution is 5.69. The van der Waals surface area contributed by atoms with Gasteiger partial charge in [0, 0.05) is 11.8 Å². The van der Waals surface area contributed by atoms with Crippen molar-refractivity contribution < 1.29 is 9.53 Å². The van der Waals surface area contributed by atoms with Crippen LogP contribution < -0.4 is 0 Å². The second-order valence-electron chi connectivity index (χ2n) is 6.14. The Morgan fingerprint density at radius 1 is 0.895 bits per heavy atom. The second kappa shape index (κ2) is 11.3. The molecule has 0 radical (unpaired) electrons. The van der Waals surface area contributed by atoms with Gasteiger partial charge in [-0.3, -0.25) is 4.79 Å². The van der Waals surface area contributed by atoms with Gasteiger partial charge in [-0.15, -0.1) is 0 Å². The zero-order chi connectivity index (χ0) is 14.6. The molecule has 0 saturated carbocycles. The Kier molecular flexibility index (Phi) is 11.0. The molecule has 2 heteroatoms. The van der Waals surface area contributed by atoms with Crippen LogP contribution in [-0.4, -0.2) is 12.6 Å². The van der Waals surface area contributed by atoms with Gasteiger partial charge >= 0.3 is 5.97 Å². The molecular formula is C17H34O2. The number of carbonyl (C=O) groups is 1. The van der Waals surface area contributed by atoms with Gasteiger partial charge in [-0.2, -0.15) is 0 Å². The fourth-order valence-electron chi connectivity index (χ4n) is 2.32. The standard InChI is InChI=1S/C17H34O2/c1-5-8-11-12-16(18)19-15-17(4,13-9-6-2)14-10-7-3/h5-15H2,1-4H3. The lowest BCUT2D eigenvalue weighted by atomic mass is 9.81. The molecule has 0 rings (SSSR count). The Labute approximate surface area is 120 Å². The maximum atomic E-state index is 11.7. The first kappa shape index (κ1) is 18.5. The largest absolute Gasteiger partial charge is 0.465 e. The lowest BCUT2D eigenvalue weighted by molar-refractivity contribution is -0.147. The second-order valence-corrected chi connectivity index (χ2v) is 6.14. The zero-order valence-electron chi connectivity index (χ0n) is 13.6. The average molecular weight is 270 g/mol. The quantitative estimate of drug-likeness (QED) is 0.346. The van der Waals surface area contributed by atoms with Crippen LogP contribution in [-0.2, 0) is 9.53 Å². The van der Waals surface area contributed by atoms with Gasteiger partial charge in [0.15, 0.2) is 0 Å². The van der Waals surface area contributed by atoms with Gasteiger partial charge in [0.1, 0.15) is 0 Å². The molecular weight excluding hydrogens is 236 g/mol. The predicted octanol–water partition coefficient (Wildman–Crippen LogP) is 5.50. The van der Waals surface area contributed by atoms with E-state index in [1.165, 1.54) is 38.5 Å². The Hall–Kier alpha value is -0.530. The van der Waals surface area contributed by atoms with Gasteiger partial charge in [0.05, 0.1) is 6.61 Å². The van der Waals surface area contributed by atoms with E-state index in [-0.39, 0.29) is 11.4 Å². The molecule has 0 aliphatic heterocycles. The third-order valence-electron chi connectivity index (χ3n) is 3.83. The first-order valence-electron chi connectivity index (χ1n) is 8.23. The van der Waals surface area contributed by atoms with E-state index in [9.17, 15) is 4.79 Å². The van der Waals surface area contributed by atoms with E-state index in [4.69, 9.17) is 4.74 Å². The van der Waals surface area contributed by atoms with Crippen LogP contribution in [0.4, 0.5) is 0 Å². The van der Waals surface area contributed by atoms with Crippen molar-refractivity contribution in [3.8, 4) is 0 Å². The van der Waals surface area contributed by atoms with Crippen molar-refractivity contribution in [1.82, 2.24) is 0 Å². The summed E-state index contributed by atoms with van der Waals surface area (Å²) in [5.74, 6) is -0.00679. The monoisotopic (exact) mass is 270 g/mol. The predicted molar refractivity (Wildman–Crippen MR) is 82.3 cm³/mol. The first-order chi connectivity index (χ1) is 9.08. The molecule has 0 amide bonds. The molecule has 0 spiro atoms. The molecule has 0 aliphatic rings. The summed E-state index contributed by atoms with van der Waals surface area (Å²) in [5, 5.41) is 0. The summed E-state index contributed by atoms with van der Waals surface area (Å²) in [7, 11) is 0. The maximum absolute atomic E-state index is 11.7. The van der Waals surface area contributed by atoms with Crippen LogP contribution in [0.2, 0.25) is 0 Å². The minimum Gasteiger partial charge on any atom is -0.465 e. The molecule has 0 aromatic heterocycles. The highest BCUT2D eigenvalue weighted by Crippen LogP contribution is 2.31. The summed E-state index contributed by atoms with van der Waals surface area (Å²) in [5.41, 5.74) is 0.187. The molecule has 0 aliphatic carbocycles. The van der Waals surface area contributed by atoms with Crippen LogP contribution in [0.15, 0.2) is 0 Å². The minimum atomic E-state index is -0.00679. The summed E-state index contributed by atoms with van der Waals surface area (Å²) in [6, 6.07) is 0. The van der Waals surface area contributed by atoms with Crippen LogP contribution >= 0.6 is 0 Å². The topological polar surface area (TPSA) is 26.3 Å². The average Bonchev–Trinajstić information content (AvgIpc) is 2.41. The smallest absolute Gasteiger partial charge is 0.305 e. The van der Waals surface area contributed by atoms with Gasteiger partial charge in [-0.25, -0.2) is 0 Å². The van der Waals surface area contributed by atoms with Gasteiger partial charge < -0.3 is 4.74 Å². The van der Waals surface area contributed by atoms with Gasteiger partial charge in [-0.05, 0) is 19.3 Å². The zero-order valence-corrected chi connectivity index (χ0v) is 13.6. The lowest BCUT2D eigenvalue weighted by Crippen LogP contribution is -2.25. The van der Waals surface area contributed by atoms with E-state index in [1.807, 2.05) is 0 Å². The summed E-state index contributed by atoms with van der Waals surface area (Å²) >= 11 is 0. The van der Waals surface area contributed by atoms with Crippen LogP contribution in [0.3, 0.4) is 0 Å². The Bertz CT molecular complexity index is 215. The number of esters is 1. The molecule has 19 heavy (non-hydrogen) atoms. The van der Waals surface area contributed by atoms with Crippen molar-refractivity contribution in [3.05, 3.63) is 0 Å². The molecule has 0 heterocycles. The normalized spacial score (nSPS) is 11.6. The SMILES string of the molecule is CCCCCC(=O)OCC(C)(CCCC)CCCC. The maximum Gasteiger partial charge on any atom is 0.305 e. The van der Waals surface area contributed by atoms with Crippen LogP contribution in [0, 0.1) is 5.41 Å². The molecule has 0 fully saturated rings. The molecule has 2 nitrogen and oxygen atoms in total.